The van der Waals surface area contributed by atoms with Crippen LogP contribution in [0.4, 0.5) is 11.5 Å². The third kappa shape index (κ3) is 4.20. The lowest BCUT2D eigenvalue weighted by molar-refractivity contribution is -0.119. The summed E-state index contributed by atoms with van der Waals surface area (Å²) in [6.45, 7) is 1.17. The average molecular weight is 352 g/mol. The minimum atomic E-state index is -0.141. The van der Waals surface area contributed by atoms with Gasteiger partial charge in [0.05, 0.1) is 0 Å². The van der Waals surface area contributed by atoms with Crippen molar-refractivity contribution in [3.8, 4) is 0 Å². The first-order valence-electron chi connectivity index (χ1n) is 8.85. The number of piperidine rings is 1. The van der Waals surface area contributed by atoms with Crippen LogP contribution in [0.5, 0.6) is 0 Å². The molecule has 1 fully saturated rings. The van der Waals surface area contributed by atoms with Gasteiger partial charge in [0.2, 0.25) is 5.91 Å². The molecule has 26 heavy (non-hydrogen) atoms. The number of aromatic nitrogens is 1. The normalized spacial score (nSPS) is 14.2. The highest BCUT2D eigenvalue weighted by molar-refractivity contribution is 5.96. The van der Waals surface area contributed by atoms with Gasteiger partial charge in [-0.05, 0) is 48.7 Å². The molecule has 0 aliphatic carbocycles. The standard InChI is InChI=1S/C20H24N4O2/c1-23(2)18-11-6-15(13-21-18)14-22-20(26)16-7-9-17(10-8-16)24-12-4-3-5-19(24)25/h6-11,13H,3-5,12,14H2,1-2H3,(H,22,26). The number of benzene rings is 1. The molecule has 0 radical (unpaired) electrons. The maximum atomic E-state index is 12.3. The zero-order valence-electron chi connectivity index (χ0n) is 15.2. The summed E-state index contributed by atoms with van der Waals surface area (Å²) in [5.41, 5.74) is 2.38. The van der Waals surface area contributed by atoms with Crippen molar-refractivity contribution in [2.45, 2.75) is 25.8 Å². The van der Waals surface area contributed by atoms with E-state index < -0.39 is 0 Å². The Bertz CT molecular complexity index is 769. The van der Waals surface area contributed by atoms with Crippen LogP contribution >= 0.6 is 0 Å². The second-order valence-electron chi connectivity index (χ2n) is 6.65. The van der Waals surface area contributed by atoms with Crippen molar-refractivity contribution in [2.24, 2.45) is 0 Å². The highest BCUT2D eigenvalue weighted by atomic mass is 16.2. The number of nitrogens with zero attached hydrogens (tertiary/aromatic N) is 3. The van der Waals surface area contributed by atoms with Crippen molar-refractivity contribution < 1.29 is 9.59 Å². The minimum absolute atomic E-state index is 0.141. The molecule has 0 bridgehead atoms. The Hall–Kier alpha value is -2.89. The van der Waals surface area contributed by atoms with Crippen LogP contribution in [0.2, 0.25) is 0 Å². The van der Waals surface area contributed by atoms with E-state index in [0.717, 1.165) is 36.5 Å². The van der Waals surface area contributed by atoms with Crippen molar-refractivity contribution in [3.05, 3.63) is 53.7 Å². The van der Waals surface area contributed by atoms with Crippen molar-refractivity contribution in [1.82, 2.24) is 10.3 Å². The van der Waals surface area contributed by atoms with Gasteiger partial charge in [0, 0.05) is 51.1 Å². The van der Waals surface area contributed by atoms with Crippen LogP contribution in [0, 0.1) is 0 Å². The fourth-order valence-corrected chi connectivity index (χ4v) is 2.94. The van der Waals surface area contributed by atoms with E-state index in [4.69, 9.17) is 0 Å². The molecule has 1 saturated heterocycles. The first-order valence-corrected chi connectivity index (χ1v) is 8.85. The monoisotopic (exact) mass is 352 g/mol. The summed E-state index contributed by atoms with van der Waals surface area (Å²) in [4.78, 5) is 32.4. The van der Waals surface area contributed by atoms with Gasteiger partial charge in [0.15, 0.2) is 0 Å². The largest absolute Gasteiger partial charge is 0.363 e. The second kappa shape index (κ2) is 7.99. The van der Waals surface area contributed by atoms with Crippen molar-refractivity contribution in [3.63, 3.8) is 0 Å². The number of hydrogen-bond acceptors (Lipinski definition) is 4. The van der Waals surface area contributed by atoms with Gasteiger partial charge < -0.3 is 15.1 Å². The predicted molar refractivity (Wildman–Crippen MR) is 102 cm³/mol. The van der Waals surface area contributed by atoms with Gasteiger partial charge in [-0.2, -0.15) is 0 Å². The Morgan fingerprint density at radius 1 is 1.15 bits per heavy atom. The number of anilines is 2. The Labute approximate surface area is 153 Å². The maximum absolute atomic E-state index is 12.3. The Balaban J connectivity index is 1.58. The molecule has 6 nitrogen and oxygen atoms in total. The molecule has 2 heterocycles. The lowest BCUT2D eigenvalue weighted by Crippen LogP contribution is -2.35. The average Bonchev–Trinajstić information content (AvgIpc) is 2.67. The van der Waals surface area contributed by atoms with E-state index in [1.807, 2.05) is 43.3 Å². The van der Waals surface area contributed by atoms with Gasteiger partial charge in [0.25, 0.3) is 5.91 Å². The molecule has 1 aliphatic heterocycles. The van der Waals surface area contributed by atoms with Gasteiger partial charge >= 0.3 is 0 Å². The molecule has 1 N–H and O–H groups in total. The van der Waals surface area contributed by atoms with E-state index in [9.17, 15) is 9.59 Å². The Kier molecular flexibility index (Phi) is 5.51. The molecule has 136 valence electrons. The van der Waals surface area contributed by atoms with E-state index >= 15 is 0 Å². The molecule has 1 aliphatic rings. The topological polar surface area (TPSA) is 65.5 Å². The van der Waals surface area contributed by atoms with E-state index in [1.54, 1.807) is 23.2 Å². The third-order valence-electron chi connectivity index (χ3n) is 4.48. The number of nitrogens with one attached hydrogen (secondary N) is 1. The first kappa shape index (κ1) is 17.9. The molecule has 6 heteroatoms. The van der Waals surface area contributed by atoms with E-state index in [-0.39, 0.29) is 11.8 Å². The number of carbonyl (C=O) groups is 2. The van der Waals surface area contributed by atoms with Crippen LogP contribution in [0.3, 0.4) is 0 Å². The summed E-state index contributed by atoms with van der Waals surface area (Å²) in [7, 11) is 3.87. The summed E-state index contributed by atoms with van der Waals surface area (Å²) in [6, 6.07) is 11.1. The number of carbonyl (C=O) groups excluding carboxylic acids is 2. The van der Waals surface area contributed by atoms with Gasteiger partial charge in [-0.15, -0.1) is 0 Å². The number of pyridine rings is 1. The fourth-order valence-electron chi connectivity index (χ4n) is 2.94. The van der Waals surface area contributed by atoms with Gasteiger partial charge in [-0.3, -0.25) is 9.59 Å². The molecule has 1 aromatic carbocycles. The number of rotatable bonds is 5. The lowest BCUT2D eigenvalue weighted by atomic mass is 10.1. The van der Waals surface area contributed by atoms with E-state index in [0.29, 0.717) is 18.5 Å². The van der Waals surface area contributed by atoms with Crippen LogP contribution in [0.15, 0.2) is 42.6 Å². The smallest absolute Gasteiger partial charge is 0.251 e. The highest BCUT2D eigenvalue weighted by Gasteiger charge is 2.19. The van der Waals surface area contributed by atoms with Crippen LogP contribution in [-0.2, 0) is 11.3 Å². The maximum Gasteiger partial charge on any atom is 0.251 e. The third-order valence-corrected chi connectivity index (χ3v) is 4.48. The zero-order chi connectivity index (χ0) is 18.5. The van der Waals surface area contributed by atoms with E-state index in [1.165, 1.54) is 0 Å². The highest BCUT2D eigenvalue weighted by Crippen LogP contribution is 2.21. The van der Waals surface area contributed by atoms with Crippen LogP contribution in [-0.4, -0.2) is 37.4 Å². The molecule has 1 aromatic heterocycles. The quantitative estimate of drug-likeness (QED) is 0.898. The second-order valence-corrected chi connectivity index (χ2v) is 6.65. The van der Waals surface area contributed by atoms with Crippen molar-refractivity contribution in [2.75, 3.05) is 30.4 Å². The summed E-state index contributed by atoms with van der Waals surface area (Å²) < 4.78 is 0. The zero-order valence-corrected chi connectivity index (χ0v) is 15.2. The number of amides is 2. The molecule has 3 rings (SSSR count). The summed E-state index contributed by atoms with van der Waals surface area (Å²) in [5.74, 6) is 0.892. The molecule has 2 amide bonds. The molecular formula is C20H24N4O2. The lowest BCUT2D eigenvalue weighted by Gasteiger charge is -2.26. The molecule has 0 unspecified atom stereocenters. The molecule has 2 aromatic rings. The van der Waals surface area contributed by atoms with Crippen LogP contribution in [0.1, 0.15) is 35.2 Å². The summed E-state index contributed by atoms with van der Waals surface area (Å²) in [6.07, 6.45) is 4.35. The first-order chi connectivity index (χ1) is 12.5. The predicted octanol–water partition coefficient (Wildman–Crippen LogP) is 2.59. The Morgan fingerprint density at radius 3 is 2.54 bits per heavy atom. The van der Waals surface area contributed by atoms with Gasteiger partial charge in [0.1, 0.15) is 5.82 Å². The summed E-state index contributed by atoms with van der Waals surface area (Å²) in [5, 5.41) is 2.90. The van der Waals surface area contributed by atoms with Gasteiger partial charge in [-0.25, -0.2) is 4.98 Å². The van der Waals surface area contributed by atoms with E-state index in [2.05, 4.69) is 10.3 Å². The van der Waals surface area contributed by atoms with Crippen LogP contribution in [0.25, 0.3) is 0 Å². The fraction of sp³-hybridized carbons (Fsp3) is 0.350. The van der Waals surface area contributed by atoms with Crippen LogP contribution < -0.4 is 15.1 Å². The molecular weight excluding hydrogens is 328 g/mol. The van der Waals surface area contributed by atoms with Crippen molar-refractivity contribution in [1.29, 1.82) is 0 Å². The summed E-state index contributed by atoms with van der Waals surface area (Å²) >= 11 is 0. The Morgan fingerprint density at radius 2 is 1.92 bits per heavy atom. The SMILES string of the molecule is CN(C)c1ccc(CNC(=O)c2ccc(N3CCCCC3=O)cc2)cn1. The molecule has 0 saturated carbocycles. The molecule has 0 atom stereocenters. The molecule has 0 spiro atoms. The number of hydrogen-bond donors (Lipinski definition) is 1. The minimum Gasteiger partial charge on any atom is -0.363 e. The van der Waals surface area contributed by atoms with Gasteiger partial charge in [-0.1, -0.05) is 6.07 Å². The van der Waals surface area contributed by atoms with Crippen molar-refractivity contribution >= 4 is 23.3 Å².